The van der Waals surface area contributed by atoms with Crippen LogP contribution >= 0.6 is 0 Å². The average molecular weight is 275 g/mol. The highest BCUT2D eigenvalue weighted by molar-refractivity contribution is 6.01. The Kier molecular flexibility index (Phi) is 4.65. The summed E-state index contributed by atoms with van der Waals surface area (Å²) >= 11 is 0. The van der Waals surface area contributed by atoms with Crippen LogP contribution in [0.2, 0.25) is 0 Å². The van der Waals surface area contributed by atoms with Crippen molar-refractivity contribution < 1.29 is 4.79 Å². The Morgan fingerprint density at radius 1 is 1.45 bits per heavy atom. The van der Waals surface area contributed by atoms with Gasteiger partial charge in [-0.05, 0) is 44.6 Å². The Hall–Kier alpha value is -1.55. The summed E-state index contributed by atoms with van der Waals surface area (Å²) in [6.45, 7) is 5.10. The molecular weight excluding hydrogens is 250 g/mol. The van der Waals surface area contributed by atoms with Gasteiger partial charge in [0, 0.05) is 43.0 Å². The molecule has 4 heteroatoms. The van der Waals surface area contributed by atoms with Gasteiger partial charge in [0.05, 0.1) is 0 Å². The monoisotopic (exact) mass is 275 g/mol. The largest absolute Gasteiger partial charge is 0.398 e. The number of anilines is 2. The summed E-state index contributed by atoms with van der Waals surface area (Å²) in [5.74, 6) is 0.821. The van der Waals surface area contributed by atoms with Gasteiger partial charge in [-0.2, -0.15) is 0 Å². The summed E-state index contributed by atoms with van der Waals surface area (Å²) in [5, 5.41) is 0. The molecule has 1 aromatic rings. The van der Waals surface area contributed by atoms with E-state index in [1.807, 2.05) is 25.1 Å². The van der Waals surface area contributed by atoms with Gasteiger partial charge >= 0.3 is 0 Å². The number of Topliss-reactive ketones (excluding diaryl/α,β-unsaturated/α-hetero) is 1. The molecule has 0 bridgehead atoms. The second-order valence-electron chi connectivity index (χ2n) is 5.91. The van der Waals surface area contributed by atoms with Crippen molar-refractivity contribution in [2.45, 2.75) is 19.8 Å². The van der Waals surface area contributed by atoms with Crippen LogP contribution in [0.25, 0.3) is 0 Å². The number of ketones is 1. The molecule has 20 heavy (non-hydrogen) atoms. The van der Waals surface area contributed by atoms with E-state index in [4.69, 9.17) is 5.73 Å². The van der Waals surface area contributed by atoms with Crippen LogP contribution in [-0.4, -0.2) is 44.4 Å². The zero-order valence-electron chi connectivity index (χ0n) is 12.7. The van der Waals surface area contributed by atoms with Crippen LogP contribution in [0.4, 0.5) is 11.4 Å². The summed E-state index contributed by atoms with van der Waals surface area (Å²) in [4.78, 5) is 16.5. The van der Waals surface area contributed by atoms with Crippen molar-refractivity contribution >= 4 is 17.2 Å². The Balaban J connectivity index is 2.12. The lowest BCUT2D eigenvalue weighted by Crippen LogP contribution is -2.25. The lowest BCUT2D eigenvalue weighted by Gasteiger charge is -2.21. The molecule has 1 atom stereocenters. The summed E-state index contributed by atoms with van der Waals surface area (Å²) in [5.41, 5.74) is 8.29. The maximum absolute atomic E-state index is 11.9. The summed E-state index contributed by atoms with van der Waals surface area (Å²) in [6, 6.07) is 5.84. The van der Waals surface area contributed by atoms with E-state index in [2.05, 4.69) is 23.9 Å². The van der Waals surface area contributed by atoms with Gasteiger partial charge < -0.3 is 15.5 Å². The van der Waals surface area contributed by atoms with E-state index in [-0.39, 0.29) is 5.78 Å². The van der Waals surface area contributed by atoms with Crippen LogP contribution in [0.5, 0.6) is 0 Å². The quantitative estimate of drug-likeness (QED) is 0.661. The van der Waals surface area contributed by atoms with Crippen molar-refractivity contribution in [1.29, 1.82) is 0 Å². The van der Waals surface area contributed by atoms with Gasteiger partial charge in [-0.25, -0.2) is 0 Å². The summed E-state index contributed by atoms with van der Waals surface area (Å²) in [7, 11) is 4.23. The van der Waals surface area contributed by atoms with E-state index in [1.54, 1.807) is 0 Å². The molecule has 0 saturated carbocycles. The van der Waals surface area contributed by atoms with Gasteiger partial charge in [0.2, 0.25) is 0 Å². The minimum absolute atomic E-state index is 0.119. The molecule has 110 valence electrons. The fraction of sp³-hybridized carbons (Fsp3) is 0.562. The van der Waals surface area contributed by atoms with Crippen molar-refractivity contribution in [3.63, 3.8) is 0 Å². The number of benzene rings is 1. The fourth-order valence-electron chi connectivity index (χ4n) is 2.91. The van der Waals surface area contributed by atoms with Gasteiger partial charge in [-0.1, -0.05) is 6.92 Å². The van der Waals surface area contributed by atoms with Gasteiger partial charge in [0.1, 0.15) is 0 Å². The third-order valence-electron chi connectivity index (χ3n) is 3.93. The predicted octanol–water partition coefficient (Wildman–Crippen LogP) is 2.25. The molecule has 1 heterocycles. The van der Waals surface area contributed by atoms with Gasteiger partial charge in [-0.15, -0.1) is 0 Å². The van der Waals surface area contributed by atoms with Crippen LogP contribution in [0, 0.1) is 5.92 Å². The molecule has 1 aliphatic heterocycles. The van der Waals surface area contributed by atoms with E-state index in [0.717, 1.165) is 25.3 Å². The third-order valence-corrected chi connectivity index (χ3v) is 3.93. The number of nitrogen functional groups attached to an aromatic ring is 1. The zero-order chi connectivity index (χ0) is 14.7. The van der Waals surface area contributed by atoms with E-state index >= 15 is 0 Å². The number of carbonyl (C=O) groups excluding carboxylic acids is 1. The van der Waals surface area contributed by atoms with Crippen molar-refractivity contribution in [2.24, 2.45) is 5.92 Å². The number of rotatable bonds is 5. The first-order valence-corrected chi connectivity index (χ1v) is 7.33. The second-order valence-corrected chi connectivity index (χ2v) is 5.91. The molecule has 1 unspecified atom stereocenters. The molecule has 1 fully saturated rings. The number of hydrogen-bond donors (Lipinski definition) is 1. The Labute approximate surface area is 121 Å². The third kappa shape index (κ3) is 3.31. The molecule has 2 rings (SSSR count). The van der Waals surface area contributed by atoms with E-state index in [0.29, 0.717) is 23.6 Å². The van der Waals surface area contributed by atoms with Crippen LogP contribution in [0.3, 0.4) is 0 Å². The molecule has 0 aromatic heterocycles. The minimum Gasteiger partial charge on any atom is -0.398 e. The lowest BCUT2D eigenvalue weighted by atomic mass is 10.1. The molecule has 1 aromatic carbocycles. The van der Waals surface area contributed by atoms with Gasteiger partial charge in [0.15, 0.2) is 5.78 Å². The normalized spacial score (nSPS) is 18.8. The number of hydrogen-bond acceptors (Lipinski definition) is 4. The zero-order valence-corrected chi connectivity index (χ0v) is 12.7. The molecule has 1 aliphatic rings. The second kappa shape index (κ2) is 6.27. The topological polar surface area (TPSA) is 49.6 Å². The van der Waals surface area contributed by atoms with E-state index < -0.39 is 0 Å². The van der Waals surface area contributed by atoms with Crippen LogP contribution in [-0.2, 0) is 0 Å². The minimum atomic E-state index is 0.119. The highest BCUT2D eigenvalue weighted by atomic mass is 16.1. The Bertz CT molecular complexity index is 485. The van der Waals surface area contributed by atoms with Crippen LogP contribution < -0.4 is 10.6 Å². The number of nitrogens with two attached hydrogens (primary N) is 1. The summed E-state index contributed by atoms with van der Waals surface area (Å²) < 4.78 is 0. The van der Waals surface area contributed by atoms with Gasteiger partial charge in [-0.3, -0.25) is 4.79 Å². The van der Waals surface area contributed by atoms with Crippen LogP contribution in [0.1, 0.15) is 30.1 Å². The molecule has 4 nitrogen and oxygen atoms in total. The highest BCUT2D eigenvalue weighted by Gasteiger charge is 2.23. The fourth-order valence-corrected chi connectivity index (χ4v) is 2.91. The lowest BCUT2D eigenvalue weighted by molar-refractivity contribution is 0.0989. The van der Waals surface area contributed by atoms with Crippen molar-refractivity contribution in [3.05, 3.63) is 23.8 Å². The maximum atomic E-state index is 11.9. The molecule has 2 N–H and O–H groups in total. The van der Waals surface area contributed by atoms with Crippen LogP contribution in [0.15, 0.2) is 18.2 Å². The van der Waals surface area contributed by atoms with Gasteiger partial charge in [0.25, 0.3) is 0 Å². The molecule has 0 amide bonds. The average Bonchev–Trinajstić information content (AvgIpc) is 2.86. The summed E-state index contributed by atoms with van der Waals surface area (Å²) in [6.07, 6.45) is 1.70. The van der Waals surface area contributed by atoms with Crippen molar-refractivity contribution in [1.82, 2.24) is 4.90 Å². The van der Waals surface area contributed by atoms with Crippen molar-refractivity contribution in [2.75, 3.05) is 44.4 Å². The first-order valence-electron chi connectivity index (χ1n) is 7.33. The molecule has 1 saturated heterocycles. The Morgan fingerprint density at radius 3 is 2.85 bits per heavy atom. The molecular formula is C16H25N3O. The SMILES string of the molecule is CCC(=O)c1cc(N2CCC(CN(C)C)C2)ccc1N. The number of carbonyl (C=O) groups is 1. The number of nitrogens with zero attached hydrogens (tertiary/aromatic N) is 2. The maximum Gasteiger partial charge on any atom is 0.164 e. The molecule has 0 radical (unpaired) electrons. The van der Waals surface area contributed by atoms with E-state index in [1.165, 1.54) is 6.42 Å². The molecule has 0 aliphatic carbocycles. The van der Waals surface area contributed by atoms with E-state index in [9.17, 15) is 4.79 Å². The standard InChI is InChI=1S/C16H25N3O/c1-4-16(20)14-9-13(5-6-15(14)17)19-8-7-12(11-19)10-18(2)3/h5-6,9,12H,4,7-8,10-11,17H2,1-3H3. The first-order chi connectivity index (χ1) is 9.51. The highest BCUT2D eigenvalue weighted by Crippen LogP contribution is 2.27. The predicted molar refractivity (Wildman–Crippen MR) is 84.3 cm³/mol. The smallest absolute Gasteiger partial charge is 0.164 e. The first kappa shape index (κ1) is 14.9. The molecule has 0 spiro atoms. The van der Waals surface area contributed by atoms with Crippen molar-refractivity contribution in [3.8, 4) is 0 Å². The Morgan fingerprint density at radius 2 is 2.20 bits per heavy atom.